The van der Waals surface area contributed by atoms with Gasteiger partial charge in [-0.3, -0.25) is 0 Å². The van der Waals surface area contributed by atoms with Crippen LogP contribution in [-0.2, 0) is 0 Å². The summed E-state index contributed by atoms with van der Waals surface area (Å²) in [5.74, 6) is -0.266. The molecule has 1 unspecified atom stereocenters. The molecule has 0 saturated heterocycles. The molecule has 0 saturated carbocycles. The Morgan fingerprint density at radius 1 is 1.11 bits per heavy atom. The van der Waals surface area contributed by atoms with Gasteiger partial charge in [0.15, 0.2) is 11.6 Å². The van der Waals surface area contributed by atoms with Gasteiger partial charge in [-0.1, -0.05) is 42.0 Å². The molecule has 1 atom stereocenters. The van der Waals surface area contributed by atoms with Crippen LogP contribution in [0, 0.1) is 12.7 Å². The lowest BCUT2D eigenvalue weighted by Gasteiger charge is -2.13. The zero-order valence-electron chi connectivity index (χ0n) is 10.1. The predicted molar refractivity (Wildman–Crippen MR) is 68.0 cm³/mol. The molecule has 1 N–H and O–H groups in total. The van der Waals surface area contributed by atoms with Crippen LogP contribution < -0.4 is 4.74 Å². The molecule has 3 heteroatoms. The highest BCUT2D eigenvalue weighted by molar-refractivity contribution is 5.25. The summed E-state index contributed by atoms with van der Waals surface area (Å²) in [6.07, 6.45) is -0.759. The van der Waals surface area contributed by atoms with Crippen molar-refractivity contribution in [3.8, 4) is 5.75 Å². The number of halogens is 1. The van der Waals surface area contributed by atoms with Gasteiger partial charge in [0, 0.05) is 0 Å². The van der Waals surface area contributed by atoms with E-state index in [0.29, 0.717) is 0 Å². The van der Waals surface area contributed by atoms with Crippen LogP contribution in [0.3, 0.4) is 0 Å². The second kappa shape index (κ2) is 5.65. The Balaban J connectivity index is 1.98. The quantitative estimate of drug-likeness (QED) is 0.897. The molecule has 2 aromatic rings. The van der Waals surface area contributed by atoms with Crippen LogP contribution in [0.25, 0.3) is 0 Å². The standard InChI is InChI=1S/C15H15FO2/c1-11-6-8-12(9-7-11)14(17)10-18-15-5-3-2-4-13(15)16/h2-9,14,17H,10H2,1H3. The van der Waals surface area contributed by atoms with E-state index in [1.54, 1.807) is 12.1 Å². The van der Waals surface area contributed by atoms with Gasteiger partial charge >= 0.3 is 0 Å². The Bertz CT molecular complexity index is 508. The maximum atomic E-state index is 13.3. The van der Waals surface area contributed by atoms with Crippen molar-refractivity contribution in [2.45, 2.75) is 13.0 Å². The smallest absolute Gasteiger partial charge is 0.165 e. The molecule has 0 aliphatic heterocycles. The van der Waals surface area contributed by atoms with E-state index in [1.807, 2.05) is 31.2 Å². The number of benzene rings is 2. The molecular weight excluding hydrogens is 231 g/mol. The van der Waals surface area contributed by atoms with E-state index in [4.69, 9.17) is 4.74 Å². The summed E-state index contributed by atoms with van der Waals surface area (Å²) in [5.41, 5.74) is 1.89. The Labute approximate surface area is 106 Å². The third-order valence-corrected chi connectivity index (χ3v) is 2.70. The van der Waals surface area contributed by atoms with Gasteiger partial charge in [0.25, 0.3) is 0 Å². The summed E-state index contributed by atoms with van der Waals surface area (Å²) < 4.78 is 18.5. The summed E-state index contributed by atoms with van der Waals surface area (Å²) in [6.45, 7) is 2.01. The van der Waals surface area contributed by atoms with Crippen LogP contribution in [-0.4, -0.2) is 11.7 Å². The van der Waals surface area contributed by atoms with E-state index in [9.17, 15) is 9.50 Å². The van der Waals surface area contributed by atoms with Crippen LogP contribution >= 0.6 is 0 Å². The van der Waals surface area contributed by atoms with E-state index in [2.05, 4.69) is 0 Å². The van der Waals surface area contributed by atoms with Gasteiger partial charge < -0.3 is 9.84 Å². The minimum absolute atomic E-state index is 0.0317. The maximum Gasteiger partial charge on any atom is 0.165 e. The van der Waals surface area contributed by atoms with Gasteiger partial charge in [-0.25, -0.2) is 4.39 Å². The molecule has 0 aliphatic carbocycles. The van der Waals surface area contributed by atoms with Crippen LogP contribution in [0.4, 0.5) is 4.39 Å². The van der Waals surface area contributed by atoms with Gasteiger partial charge in [-0.2, -0.15) is 0 Å². The van der Waals surface area contributed by atoms with Crippen molar-refractivity contribution in [1.82, 2.24) is 0 Å². The molecule has 2 aromatic carbocycles. The molecule has 94 valence electrons. The third kappa shape index (κ3) is 3.08. The Morgan fingerprint density at radius 3 is 2.44 bits per heavy atom. The SMILES string of the molecule is Cc1ccc(C(O)COc2ccccc2F)cc1. The van der Waals surface area contributed by atoms with E-state index < -0.39 is 11.9 Å². The van der Waals surface area contributed by atoms with Gasteiger partial charge in [-0.15, -0.1) is 0 Å². The Kier molecular flexibility index (Phi) is 3.95. The van der Waals surface area contributed by atoms with E-state index in [-0.39, 0.29) is 12.4 Å². The Hall–Kier alpha value is -1.87. The van der Waals surface area contributed by atoms with Crippen molar-refractivity contribution in [3.05, 3.63) is 65.5 Å². The average Bonchev–Trinajstić information content (AvgIpc) is 2.38. The summed E-state index contributed by atoms with van der Waals surface area (Å²) in [6, 6.07) is 13.7. The van der Waals surface area contributed by atoms with Crippen LogP contribution in [0.1, 0.15) is 17.2 Å². The molecular formula is C15H15FO2. The predicted octanol–water partition coefficient (Wildman–Crippen LogP) is 3.25. The van der Waals surface area contributed by atoms with Gasteiger partial charge in [-0.05, 0) is 24.6 Å². The summed E-state index contributed by atoms with van der Waals surface area (Å²) in [5, 5.41) is 9.92. The van der Waals surface area contributed by atoms with Gasteiger partial charge in [0.05, 0.1) is 0 Å². The van der Waals surface area contributed by atoms with Crippen LogP contribution in [0.2, 0.25) is 0 Å². The van der Waals surface area contributed by atoms with Crippen molar-refractivity contribution in [2.75, 3.05) is 6.61 Å². The second-order valence-corrected chi connectivity index (χ2v) is 4.17. The minimum atomic E-state index is -0.759. The monoisotopic (exact) mass is 246 g/mol. The Morgan fingerprint density at radius 2 is 1.78 bits per heavy atom. The fourth-order valence-corrected chi connectivity index (χ4v) is 1.62. The fraction of sp³-hybridized carbons (Fsp3) is 0.200. The first-order valence-electron chi connectivity index (χ1n) is 5.79. The molecule has 0 aromatic heterocycles. The van der Waals surface area contributed by atoms with E-state index in [0.717, 1.165) is 11.1 Å². The lowest BCUT2D eigenvalue weighted by molar-refractivity contribution is 0.106. The maximum absolute atomic E-state index is 13.3. The minimum Gasteiger partial charge on any atom is -0.487 e. The van der Waals surface area contributed by atoms with Crippen molar-refractivity contribution < 1.29 is 14.2 Å². The first-order valence-corrected chi connectivity index (χ1v) is 5.79. The number of hydrogen-bond acceptors (Lipinski definition) is 2. The highest BCUT2D eigenvalue weighted by atomic mass is 19.1. The highest BCUT2D eigenvalue weighted by Crippen LogP contribution is 2.19. The molecule has 2 nitrogen and oxygen atoms in total. The van der Waals surface area contributed by atoms with Gasteiger partial charge in [0.1, 0.15) is 12.7 Å². The van der Waals surface area contributed by atoms with Crippen molar-refractivity contribution in [2.24, 2.45) is 0 Å². The molecule has 18 heavy (non-hydrogen) atoms. The molecule has 0 spiro atoms. The van der Waals surface area contributed by atoms with E-state index in [1.165, 1.54) is 12.1 Å². The normalized spacial score (nSPS) is 12.2. The lowest BCUT2D eigenvalue weighted by Crippen LogP contribution is -2.10. The summed E-state index contributed by atoms with van der Waals surface area (Å²) in [4.78, 5) is 0. The van der Waals surface area contributed by atoms with E-state index >= 15 is 0 Å². The van der Waals surface area contributed by atoms with Crippen LogP contribution in [0.15, 0.2) is 48.5 Å². The first-order chi connectivity index (χ1) is 8.66. The number of hydrogen-bond donors (Lipinski definition) is 1. The molecule has 0 bridgehead atoms. The molecule has 0 fully saturated rings. The summed E-state index contributed by atoms with van der Waals surface area (Å²) in [7, 11) is 0. The third-order valence-electron chi connectivity index (χ3n) is 2.70. The molecule has 0 radical (unpaired) electrons. The zero-order valence-corrected chi connectivity index (χ0v) is 10.1. The largest absolute Gasteiger partial charge is 0.487 e. The zero-order chi connectivity index (χ0) is 13.0. The number of ether oxygens (including phenoxy) is 1. The average molecular weight is 246 g/mol. The number of aryl methyl sites for hydroxylation is 1. The topological polar surface area (TPSA) is 29.5 Å². The van der Waals surface area contributed by atoms with Gasteiger partial charge in [0.2, 0.25) is 0 Å². The number of aliphatic hydroxyl groups excluding tert-OH is 1. The van der Waals surface area contributed by atoms with Crippen LogP contribution in [0.5, 0.6) is 5.75 Å². The molecule has 0 amide bonds. The molecule has 0 aliphatic rings. The number of aliphatic hydroxyl groups is 1. The van der Waals surface area contributed by atoms with Crippen molar-refractivity contribution in [1.29, 1.82) is 0 Å². The highest BCUT2D eigenvalue weighted by Gasteiger charge is 2.09. The first kappa shape index (κ1) is 12.6. The molecule has 2 rings (SSSR count). The molecule has 0 heterocycles. The summed E-state index contributed by atoms with van der Waals surface area (Å²) >= 11 is 0. The fourth-order valence-electron chi connectivity index (χ4n) is 1.62. The second-order valence-electron chi connectivity index (χ2n) is 4.17. The van der Waals surface area contributed by atoms with Crippen molar-refractivity contribution >= 4 is 0 Å². The van der Waals surface area contributed by atoms with Crippen molar-refractivity contribution in [3.63, 3.8) is 0 Å². The number of rotatable bonds is 4. The lowest BCUT2D eigenvalue weighted by atomic mass is 10.1. The number of para-hydroxylation sites is 1.